The van der Waals surface area contributed by atoms with Crippen LogP contribution < -0.4 is 15.4 Å². The number of hydrogen-bond acceptors (Lipinski definition) is 4. The second kappa shape index (κ2) is 5.37. The Morgan fingerprint density at radius 3 is 2.94 bits per heavy atom. The van der Waals surface area contributed by atoms with E-state index < -0.39 is 6.10 Å². The molecular formula is C13H18N2O3. The number of benzene rings is 1. The first-order chi connectivity index (χ1) is 8.60. The molecule has 1 aliphatic rings. The summed E-state index contributed by atoms with van der Waals surface area (Å²) in [6, 6.07) is 5.25. The number of nitrogens with one attached hydrogen (secondary N) is 2. The van der Waals surface area contributed by atoms with E-state index in [1.165, 1.54) is 0 Å². The highest BCUT2D eigenvalue weighted by Crippen LogP contribution is 2.25. The molecule has 1 aromatic rings. The lowest BCUT2D eigenvalue weighted by Gasteiger charge is -2.14. The van der Waals surface area contributed by atoms with Crippen LogP contribution in [0.5, 0.6) is 5.75 Å². The molecule has 0 saturated carbocycles. The van der Waals surface area contributed by atoms with E-state index in [0.29, 0.717) is 24.4 Å². The van der Waals surface area contributed by atoms with Gasteiger partial charge in [0.2, 0.25) is 5.91 Å². The first-order valence-electron chi connectivity index (χ1n) is 5.97. The van der Waals surface area contributed by atoms with Crippen LogP contribution in [0, 0.1) is 6.92 Å². The number of methoxy groups -OCH3 is 1. The molecule has 1 aliphatic heterocycles. The van der Waals surface area contributed by atoms with E-state index in [1.807, 2.05) is 25.1 Å². The number of amides is 1. The fourth-order valence-electron chi connectivity index (χ4n) is 2.04. The Morgan fingerprint density at radius 2 is 2.33 bits per heavy atom. The molecule has 2 atom stereocenters. The van der Waals surface area contributed by atoms with Crippen molar-refractivity contribution in [1.82, 2.24) is 5.32 Å². The van der Waals surface area contributed by atoms with Gasteiger partial charge in [0, 0.05) is 6.54 Å². The molecule has 1 saturated heterocycles. The van der Waals surface area contributed by atoms with E-state index in [4.69, 9.17) is 4.74 Å². The highest BCUT2D eigenvalue weighted by molar-refractivity contribution is 5.96. The van der Waals surface area contributed by atoms with Crippen LogP contribution in [0.25, 0.3) is 0 Å². The number of carbonyl (C=O) groups excluding carboxylic acids is 1. The fourth-order valence-corrected chi connectivity index (χ4v) is 2.04. The number of rotatable bonds is 3. The van der Waals surface area contributed by atoms with Crippen molar-refractivity contribution in [3.05, 3.63) is 23.8 Å². The van der Waals surface area contributed by atoms with Gasteiger partial charge >= 0.3 is 0 Å². The average Bonchev–Trinajstić information content (AvgIpc) is 2.78. The maximum absolute atomic E-state index is 12.0. The van der Waals surface area contributed by atoms with Gasteiger partial charge < -0.3 is 20.5 Å². The smallest absolute Gasteiger partial charge is 0.241 e. The predicted octanol–water partition coefficient (Wildman–Crippen LogP) is 0.665. The lowest BCUT2D eigenvalue weighted by Crippen LogP contribution is -2.35. The molecule has 1 fully saturated rings. The molecule has 3 N–H and O–H groups in total. The minimum Gasteiger partial charge on any atom is -0.495 e. The molecule has 0 spiro atoms. The summed E-state index contributed by atoms with van der Waals surface area (Å²) in [5, 5.41) is 15.2. The van der Waals surface area contributed by atoms with Crippen LogP contribution in [0.3, 0.4) is 0 Å². The lowest BCUT2D eigenvalue weighted by molar-refractivity contribution is -0.117. The maximum Gasteiger partial charge on any atom is 0.241 e. The van der Waals surface area contributed by atoms with Gasteiger partial charge in [-0.1, -0.05) is 6.07 Å². The van der Waals surface area contributed by atoms with Crippen molar-refractivity contribution in [3.63, 3.8) is 0 Å². The molecule has 98 valence electrons. The van der Waals surface area contributed by atoms with Crippen LogP contribution in [-0.4, -0.2) is 36.8 Å². The summed E-state index contributed by atoms with van der Waals surface area (Å²) in [7, 11) is 1.57. The average molecular weight is 250 g/mol. The zero-order chi connectivity index (χ0) is 13.1. The topological polar surface area (TPSA) is 70.6 Å². The van der Waals surface area contributed by atoms with E-state index in [1.54, 1.807) is 7.11 Å². The van der Waals surface area contributed by atoms with Gasteiger partial charge in [0.25, 0.3) is 0 Å². The Hall–Kier alpha value is -1.59. The molecule has 0 aliphatic carbocycles. The molecule has 5 heteroatoms. The van der Waals surface area contributed by atoms with Crippen molar-refractivity contribution >= 4 is 11.6 Å². The number of ether oxygens (including phenoxy) is 1. The standard InChI is InChI=1S/C13H18N2O3/c1-8-3-4-10(12(5-8)18-2)15-13(17)11-6-9(16)7-14-11/h3-5,9,11,14,16H,6-7H2,1-2H3,(H,15,17). The first-order valence-corrected chi connectivity index (χ1v) is 5.97. The highest BCUT2D eigenvalue weighted by Gasteiger charge is 2.28. The molecule has 18 heavy (non-hydrogen) atoms. The van der Waals surface area contributed by atoms with Gasteiger partial charge in [0.05, 0.1) is 24.9 Å². The Morgan fingerprint density at radius 1 is 1.56 bits per heavy atom. The van der Waals surface area contributed by atoms with E-state index in [0.717, 1.165) is 5.56 Å². The van der Waals surface area contributed by atoms with E-state index in [9.17, 15) is 9.90 Å². The third kappa shape index (κ3) is 2.80. The van der Waals surface area contributed by atoms with Crippen LogP contribution in [0.15, 0.2) is 18.2 Å². The van der Waals surface area contributed by atoms with Crippen LogP contribution in [0.1, 0.15) is 12.0 Å². The Balaban J connectivity index is 2.07. The summed E-state index contributed by atoms with van der Waals surface area (Å²) in [5.74, 6) is 0.496. The zero-order valence-electron chi connectivity index (χ0n) is 10.6. The molecule has 5 nitrogen and oxygen atoms in total. The first kappa shape index (κ1) is 12.9. The highest BCUT2D eigenvalue weighted by atomic mass is 16.5. The van der Waals surface area contributed by atoms with E-state index in [-0.39, 0.29) is 11.9 Å². The monoisotopic (exact) mass is 250 g/mol. The summed E-state index contributed by atoms with van der Waals surface area (Å²) >= 11 is 0. The van der Waals surface area contributed by atoms with Crippen LogP contribution in [-0.2, 0) is 4.79 Å². The van der Waals surface area contributed by atoms with Crippen LogP contribution in [0.2, 0.25) is 0 Å². The summed E-state index contributed by atoms with van der Waals surface area (Å²) in [4.78, 5) is 12.0. The molecule has 0 bridgehead atoms. The Kier molecular flexibility index (Phi) is 3.84. The minimum absolute atomic E-state index is 0.145. The van der Waals surface area contributed by atoms with Crippen molar-refractivity contribution in [3.8, 4) is 5.75 Å². The summed E-state index contributed by atoms with van der Waals surface area (Å²) in [5.41, 5.74) is 1.72. The van der Waals surface area contributed by atoms with Crippen molar-refractivity contribution < 1.29 is 14.6 Å². The molecular weight excluding hydrogens is 232 g/mol. The number of aliphatic hydroxyl groups is 1. The fraction of sp³-hybridized carbons (Fsp3) is 0.462. The summed E-state index contributed by atoms with van der Waals surface area (Å²) < 4.78 is 5.23. The van der Waals surface area contributed by atoms with E-state index in [2.05, 4.69) is 10.6 Å². The molecule has 1 heterocycles. The maximum atomic E-state index is 12.0. The molecule has 2 unspecified atom stereocenters. The quantitative estimate of drug-likeness (QED) is 0.737. The van der Waals surface area contributed by atoms with Crippen molar-refractivity contribution in [2.75, 3.05) is 19.0 Å². The van der Waals surface area contributed by atoms with Gasteiger partial charge in [-0.15, -0.1) is 0 Å². The van der Waals surface area contributed by atoms with Gasteiger partial charge in [-0.05, 0) is 31.0 Å². The van der Waals surface area contributed by atoms with Crippen LogP contribution >= 0.6 is 0 Å². The SMILES string of the molecule is COc1cc(C)ccc1NC(=O)C1CC(O)CN1. The number of hydrogen-bond donors (Lipinski definition) is 3. The number of aliphatic hydroxyl groups excluding tert-OH is 1. The molecule has 1 aromatic carbocycles. The van der Waals surface area contributed by atoms with E-state index >= 15 is 0 Å². The summed E-state index contributed by atoms with van der Waals surface area (Å²) in [6.45, 7) is 2.42. The van der Waals surface area contributed by atoms with Crippen molar-refractivity contribution in [1.29, 1.82) is 0 Å². The van der Waals surface area contributed by atoms with Crippen molar-refractivity contribution in [2.24, 2.45) is 0 Å². The molecule has 0 radical (unpaired) electrons. The predicted molar refractivity (Wildman–Crippen MR) is 68.8 cm³/mol. The van der Waals surface area contributed by atoms with Gasteiger partial charge in [-0.3, -0.25) is 4.79 Å². The lowest BCUT2D eigenvalue weighted by atomic mass is 10.1. The van der Waals surface area contributed by atoms with Gasteiger partial charge in [0.1, 0.15) is 5.75 Å². The number of anilines is 1. The largest absolute Gasteiger partial charge is 0.495 e. The number of carbonyl (C=O) groups is 1. The molecule has 1 amide bonds. The van der Waals surface area contributed by atoms with Crippen molar-refractivity contribution in [2.45, 2.75) is 25.5 Å². The van der Waals surface area contributed by atoms with Gasteiger partial charge in [-0.25, -0.2) is 0 Å². The second-order valence-corrected chi connectivity index (χ2v) is 4.54. The normalized spacial score (nSPS) is 22.8. The molecule has 2 rings (SSSR count). The van der Waals surface area contributed by atoms with Gasteiger partial charge in [0.15, 0.2) is 0 Å². The van der Waals surface area contributed by atoms with Gasteiger partial charge in [-0.2, -0.15) is 0 Å². The third-order valence-electron chi connectivity index (χ3n) is 3.04. The number of aryl methyl sites for hydroxylation is 1. The Bertz CT molecular complexity index is 448. The number of β-amino-alcohol motifs (C(OH)–C–C–N with tert-alkyl or cyclic N) is 1. The second-order valence-electron chi connectivity index (χ2n) is 4.54. The van der Waals surface area contributed by atoms with Crippen LogP contribution in [0.4, 0.5) is 5.69 Å². The Labute approximate surface area is 106 Å². The third-order valence-corrected chi connectivity index (χ3v) is 3.04. The summed E-state index contributed by atoms with van der Waals surface area (Å²) in [6.07, 6.45) is 0.000624. The molecule has 0 aromatic heterocycles. The zero-order valence-corrected chi connectivity index (χ0v) is 10.6. The minimum atomic E-state index is -0.444.